The SMILES string of the molecule is CNCC1CCCN1C(C)C.[HH]. The molecule has 1 aliphatic rings. The van der Waals surface area contributed by atoms with Crippen molar-refractivity contribution in [3.8, 4) is 0 Å². The monoisotopic (exact) mass is 158 g/mol. The maximum atomic E-state index is 3.25. The van der Waals surface area contributed by atoms with E-state index in [9.17, 15) is 0 Å². The molecule has 0 aliphatic carbocycles. The highest BCUT2D eigenvalue weighted by atomic mass is 15.2. The quantitative estimate of drug-likeness (QED) is 0.666. The van der Waals surface area contributed by atoms with Gasteiger partial charge >= 0.3 is 0 Å². The van der Waals surface area contributed by atoms with E-state index in [1.54, 1.807) is 0 Å². The van der Waals surface area contributed by atoms with Gasteiger partial charge < -0.3 is 5.32 Å². The standard InChI is InChI=1S/C9H20N2.H2/c1-8(2)11-6-4-5-9(11)7-10-3;/h8-10H,4-7H2,1-3H3;1H. The van der Waals surface area contributed by atoms with E-state index in [4.69, 9.17) is 0 Å². The number of likely N-dealkylation sites (tertiary alicyclic amines) is 1. The molecule has 1 aliphatic heterocycles. The van der Waals surface area contributed by atoms with Crippen LogP contribution in [-0.2, 0) is 0 Å². The maximum Gasteiger partial charge on any atom is 0.0223 e. The van der Waals surface area contributed by atoms with Crippen molar-refractivity contribution in [2.45, 2.75) is 38.8 Å². The topological polar surface area (TPSA) is 15.3 Å². The van der Waals surface area contributed by atoms with Crippen LogP contribution >= 0.6 is 0 Å². The molecular formula is C9H22N2. The minimum absolute atomic E-state index is 0. The summed E-state index contributed by atoms with van der Waals surface area (Å²) in [5.74, 6) is 0. The summed E-state index contributed by atoms with van der Waals surface area (Å²) in [5.41, 5.74) is 0. The van der Waals surface area contributed by atoms with E-state index >= 15 is 0 Å². The number of nitrogens with zero attached hydrogens (tertiary/aromatic N) is 1. The van der Waals surface area contributed by atoms with Crippen molar-refractivity contribution in [1.29, 1.82) is 0 Å². The predicted molar refractivity (Wildman–Crippen MR) is 50.9 cm³/mol. The molecule has 2 heteroatoms. The molecule has 1 fully saturated rings. The minimum Gasteiger partial charge on any atom is -0.318 e. The molecule has 0 spiro atoms. The number of nitrogens with one attached hydrogen (secondary N) is 1. The summed E-state index contributed by atoms with van der Waals surface area (Å²) in [6.45, 7) is 7.02. The first-order valence-electron chi connectivity index (χ1n) is 4.66. The summed E-state index contributed by atoms with van der Waals surface area (Å²) >= 11 is 0. The van der Waals surface area contributed by atoms with Crippen LogP contribution in [0.3, 0.4) is 0 Å². The molecule has 0 aromatic heterocycles. The first-order valence-corrected chi connectivity index (χ1v) is 4.66. The summed E-state index contributed by atoms with van der Waals surface area (Å²) < 4.78 is 0. The van der Waals surface area contributed by atoms with Crippen LogP contribution in [0, 0.1) is 0 Å². The fourth-order valence-corrected chi connectivity index (χ4v) is 1.99. The van der Waals surface area contributed by atoms with Crippen molar-refractivity contribution in [3.63, 3.8) is 0 Å². The van der Waals surface area contributed by atoms with E-state index in [0.717, 1.165) is 18.6 Å². The first-order chi connectivity index (χ1) is 5.25. The minimum atomic E-state index is 0. The second kappa shape index (κ2) is 4.07. The Labute approximate surface area is 71.4 Å². The Kier molecular flexibility index (Phi) is 3.34. The van der Waals surface area contributed by atoms with E-state index in [-0.39, 0.29) is 1.43 Å². The Balaban J connectivity index is 0.00000121. The average Bonchev–Trinajstić information content (AvgIpc) is 2.36. The van der Waals surface area contributed by atoms with E-state index < -0.39 is 0 Å². The molecule has 1 atom stereocenters. The van der Waals surface area contributed by atoms with Gasteiger partial charge in [-0.3, -0.25) is 4.90 Å². The first kappa shape index (κ1) is 9.01. The highest BCUT2D eigenvalue weighted by molar-refractivity contribution is 4.82. The van der Waals surface area contributed by atoms with Gasteiger partial charge in [-0.05, 0) is 40.3 Å². The van der Waals surface area contributed by atoms with Crippen LogP contribution in [0.1, 0.15) is 28.1 Å². The van der Waals surface area contributed by atoms with Gasteiger partial charge in [-0.15, -0.1) is 0 Å². The summed E-state index contributed by atoms with van der Waals surface area (Å²) in [4.78, 5) is 2.59. The van der Waals surface area contributed by atoms with Gasteiger partial charge in [-0.25, -0.2) is 0 Å². The molecule has 0 aromatic carbocycles. The second-order valence-electron chi connectivity index (χ2n) is 3.69. The van der Waals surface area contributed by atoms with Gasteiger partial charge in [-0.1, -0.05) is 0 Å². The smallest absolute Gasteiger partial charge is 0.0223 e. The van der Waals surface area contributed by atoms with Crippen molar-refractivity contribution >= 4 is 0 Å². The predicted octanol–water partition coefficient (Wildman–Crippen LogP) is 1.32. The van der Waals surface area contributed by atoms with Crippen molar-refractivity contribution in [1.82, 2.24) is 10.2 Å². The summed E-state index contributed by atoms with van der Waals surface area (Å²) in [6.07, 6.45) is 2.75. The van der Waals surface area contributed by atoms with Crippen LogP contribution in [0.25, 0.3) is 0 Å². The lowest BCUT2D eigenvalue weighted by Gasteiger charge is -2.27. The van der Waals surface area contributed by atoms with E-state index in [1.807, 2.05) is 7.05 Å². The van der Waals surface area contributed by atoms with Crippen molar-refractivity contribution < 1.29 is 1.43 Å². The molecule has 1 N–H and O–H groups in total. The van der Waals surface area contributed by atoms with Crippen LogP contribution < -0.4 is 5.32 Å². The number of likely N-dealkylation sites (N-methyl/N-ethyl adjacent to an activating group) is 1. The largest absolute Gasteiger partial charge is 0.318 e. The van der Waals surface area contributed by atoms with Gasteiger partial charge in [0, 0.05) is 20.1 Å². The third kappa shape index (κ3) is 2.17. The third-order valence-corrected chi connectivity index (χ3v) is 2.53. The third-order valence-electron chi connectivity index (χ3n) is 2.53. The molecule has 0 saturated carbocycles. The zero-order valence-corrected chi connectivity index (χ0v) is 7.93. The molecule has 0 radical (unpaired) electrons. The Morgan fingerprint density at radius 1 is 1.64 bits per heavy atom. The number of hydrogen-bond donors (Lipinski definition) is 1. The highest BCUT2D eigenvalue weighted by Gasteiger charge is 2.25. The van der Waals surface area contributed by atoms with Crippen molar-refractivity contribution in [2.24, 2.45) is 0 Å². The Bertz CT molecular complexity index is 117. The fourth-order valence-electron chi connectivity index (χ4n) is 1.99. The molecule has 1 heterocycles. The lowest BCUT2D eigenvalue weighted by atomic mass is 10.2. The van der Waals surface area contributed by atoms with Gasteiger partial charge in [0.15, 0.2) is 0 Å². The van der Waals surface area contributed by atoms with Crippen LogP contribution in [0.15, 0.2) is 0 Å². The second-order valence-corrected chi connectivity index (χ2v) is 3.69. The van der Waals surface area contributed by atoms with Crippen molar-refractivity contribution in [3.05, 3.63) is 0 Å². The van der Waals surface area contributed by atoms with E-state index in [2.05, 4.69) is 24.1 Å². The molecule has 11 heavy (non-hydrogen) atoms. The van der Waals surface area contributed by atoms with Gasteiger partial charge in [0.1, 0.15) is 0 Å². The number of rotatable bonds is 3. The van der Waals surface area contributed by atoms with Gasteiger partial charge in [-0.2, -0.15) is 0 Å². The molecule has 0 aromatic rings. The Morgan fingerprint density at radius 3 is 2.91 bits per heavy atom. The number of hydrogen-bond acceptors (Lipinski definition) is 2. The molecule has 2 nitrogen and oxygen atoms in total. The molecule has 0 bridgehead atoms. The van der Waals surface area contributed by atoms with Crippen LogP contribution in [0.5, 0.6) is 0 Å². The summed E-state index contributed by atoms with van der Waals surface area (Å²) in [7, 11) is 2.04. The lowest BCUT2D eigenvalue weighted by molar-refractivity contribution is 0.202. The highest BCUT2D eigenvalue weighted by Crippen LogP contribution is 2.18. The van der Waals surface area contributed by atoms with Crippen LogP contribution in [0.2, 0.25) is 0 Å². The molecule has 1 unspecified atom stereocenters. The van der Waals surface area contributed by atoms with Gasteiger partial charge in [0.2, 0.25) is 0 Å². The summed E-state index contributed by atoms with van der Waals surface area (Å²) in [5, 5.41) is 3.25. The molecule has 68 valence electrons. The zero-order chi connectivity index (χ0) is 8.27. The maximum absolute atomic E-state index is 3.25. The summed E-state index contributed by atoms with van der Waals surface area (Å²) in [6, 6.07) is 1.51. The van der Waals surface area contributed by atoms with Crippen molar-refractivity contribution in [2.75, 3.05) is 20.1 Å². The Morgan fingerprint density at radius 2 is 2.36 bits per heavy atom. The van der Waals surface area contributed by atoms with Crippen LogP contribution in [-0.4, -0.2) is 37.1 Å². The lowest BCUT2D eigenvalue weighted by Crippen LogP contribution is -2.40. The fraction of sp³-hybridized carbons (Fsp3) is 1.00. The van der Waals surface area contributed by atoms with E-state index in [1.165, 1.54) is 19.4 Å². The van der Waals surface area contributed by atoms with Gasteiger partial charge in [0.05, 0.1) is 0 Å². The Hall–Kier alpha value is -0.0800. The van der Waals surface area contributed by atoms with E-state index in [0.29, 0.717) is 0 Å². The normalized spacial score (nSPS) is 26.7. The molecule has 1 saturated heterocycles. The molecule has 1 rings (SSSR count). The van der Waals surface area contributed by atoms with Gasteiger partial charge in [0.25, 0.3) is 0 Å². The van der Waals surface area contributed by atoms with Crippen LogP contribution in [0.4, 0.5) is 0 Å². The average molecular weight is 158 g/mol. The molecule has 0 amide bonds. The molecular weight excluding hydrogens is 136 g/mol. The zero-order valence-electron chi connectivity index (χ0n) is 7.93.